The maximum atomic E-state index is 12.3. The van der Waals surface area contributed by atoms with Gasteiger partial charge in [-0.1, -0.05) is 29.8 Å². The van der Waals surface area contributed by atoms with E-state index in [1.54, 1.807) is 30.6 Å². The van der Waals surface area contributed by atoms with Crippen LogP contribution in [-0.4, -0.2) is 22.5 Å². The normalized spacial score (nSPS) is 10.6. The Morgan fingerprint density at radius 1 is 0.935 bits per heavy atom. The Kier molecular flexibility index (Phi) is 6.59. The molecule has 1 N–H and O–H groups in total. The fraction of sp³-hybridized carbons (Fsp3) is 0.125. The van der Waals surface area contributed by atoms with Crippen LogP contribution in [0.5, 0.6) is 11.5 Å². The third kappa shape index (κ3) is 5.49. The lowest BCUT2D eigenvalue weighted by Gasteiger charge is -2.11. The van der Waals surface area contributed by atoms with Crippen molar-refractivity contribution in [3.63, 3.8) is 0 Å². The van der Waals surface area contributed by atoms with Gasteiger partial charge in [0, 0.05) is 24.3 Å². The second-order valence-corrected chi connectivity index (χ2v) is 7.17. The standard InChI is InChI=1S/C24H20ClN3O3/c25-21-9-10-22(24-20(21)8-4-12-27-24)31-16-23(29)28-14-17-5-3-7-19(13-17)30-15-18-6-1-2-11-26-18/h1-13H,14-16H2,(H,28,29). The zero-order valence-electron chi connectivity index (χ0n) is 16.6. The Labute approximate surface area is 184 Å². The largest absolute Gasteiger partial charge is 0.487 e. The molecule has 0 atom stereocenters. The van der Waals surface area contributed by atoms with Crippen LogP contribution in [0.2, 0.25) is 5.02 Å². The molecule has 6 nitrogen and oxygen atoms in total. The second kappa shape index (κ2) is 9.91. The van der Waals surface area contributed by atoms with Gasteiger partial charge in [0.15, 0.2) is 6.61 Å². The maximum Gasteiger partial charge on any atom is 0.258 e. The van der Waals surface area contributed by atoms with E-state index in [0.717, 1.165) is 16.6 Å². The first-order chi connectivity index (χ1) is 15.2. The quantitative estimate of drug-likeness (QED) is 0.441. The van der Waals surface area contributed by atoms with Crippen molar-refractivity contribution >= 4 is 28.4 Å². The minimum Gasteiger partial charge on any atom is -0.487 e. The first-order valence-corrected chi connectivity index (χ1v) is 10.1. The van der Waals surface area contributed by atoms with Gasteiger partial charge in [-0.25, -0.2) is 0 Å². The van der Waals surface area contributed by atoms with Crippen LogP contribution in [0.3, 0.4) is 0 Å². The van der Waals surface area contributed by atoms with Crippen LogP contribution in [0.1, 0.15) is 11.3 Å². The Morgan fingerprint density at radius 3 is 2.71 bits per heavy atom. The number of pyridine rings is 2. The molecule has 0 saturated heterocycles. The zero-order valence-corrected chi connectivity index (χ0v) is 17.4. The van der Waals surface area contributed by atoms with Crippen molar-refractivity contribution in [2.75, 3.05) is 6.61 Å². The van der Waals surface area contributed by atoms with Crippen molar-refractivity contribution in [2.45, 2.75) is 13.2 Å². The lowest BCUT2D eigenvalue weighted by molar-refractivity contribution is -0.123. The van der Waals surface area contributed by atoms with Gasteiger partial charge in [0.25, 0.3) is 5.91 Å². The molecule has 2 aromatic heterocycles. The van der Waals surface area contributed by atoms with Gasteiger partial charge in [-0.05, 0) is 54.1 Å². The lowest BCUT2D eigenvalue weighted by atomic mass is 10.2. The van der Waals surface area contributed by atoms with E-state index in [0.29, 0.717) is 35.2 Å². The highest BCUT2D eigenvalue weighted by Gasteiger charge is 2.09. The van der Waals surface area contributed by atoms with E-state index in [1.807, 2.05) is 48.5 Å². The van der Waals surface area contributed by atoms with Crippen LogP contribution < -0.4 is 14.8 Å². The topological polar surface area (TPSA) is 73.3 Å². The molecule has 0 aliphatic carbocycles. The molecule has 0 aliphatic heterocycles. The molecular formula is C24H20ClN3O3. The van der Waals surface area contributed by atoms with E-state index < -0.39 is 0 Å². The summed E-state index contributed by atoms with van der Waals surface area (Å²) in [5, 5.41) is 4.22. The van der Waals surface area contributed by atoms with Crippen LogP contribution in [0, 0.1) is 0 Å². The third-order valence-corrected chi connectivity index (χ3v) is 4.87. The highest BCUT2D eigenvalue weighted by atomic mass is 35.5. The predicted molar refractivity (Wildman–Crippen MR) is 119 cm³/mol. The third-order valence-electron chi connectivity index (χ3n) is 4.54. The van der Waals surface area contributed by atoms with Crippen LogP contribution in [0.4, 0.5) is 0 Å². The molecule has 2 aromatic carbocycles. The summed E-state index contributed by atoms with van der Waals surface area (Å²) in [7, 11) is 0. The van der Waals surface area contributed by atoms with Gasteiger partial charge in [-0.3, -0.25) is 14.8 Å². The van der Waals surface area contributed by atoms with Crippen molar-refractivity contribution in [2.24, 2.45) is 0 Å². The molecule has 31 heavy (non-hydrogen) atoms. The second-order valence-electron chi connectivity index (χ2n) is 6.77. The summed E-state index contributed by atoms with van der Waals surface area (Å²) < 4.78 is 11.4. The number of hydrogen-bond acceptors (Lipinski definition) is 5. The number of hydrogen-bond donors (Lipinski definition) is 1. The molecule has 156 valence electrons. The first kappa shape index (κ1) is 20.6. The average molecular weight is 434 g/mol. The highest BCUT2D eigenvalue weighted by molar-refractivity contribution is 6.35. The molecule has 4 rings (SSSR count). The molecule has 0 radical (unpaired) electrons. The molecule has 0 bridgehead atoms. The summed E-state index contributed by atoms with van der Waals surface area (Å²) in [6, 6.07) is 20.4. The summed E-state index contributed by atoms with van der Waals surface area (Å²) >= 11 is 6.19. The van der Waals surface area contributed by atoms with E-state index >= 15 is 0 Å². The summed E-state index contributed by atoms with van der Waals surface area (Å²) in [4.78, 5) is 20.8. The molecule has 0 aliphatic rings. The van der Waals surface area contributed by atoms with Gasteiger partial charge < -0.3 is 14.8 Å². The van der Waals surface area contributed by atoms with Gasteiger partial charge in [0.05, 0.1) is 10.7 Å². The number of nitrogens with zero attached hydrogens (tertiary/aromatic N) is 2. The smallest absolute Gasteiger partial charge is 0.258 e. The number of amides is 1. The highest BCUT2D eigenvalue weighted by Crippen LogP contribution is 2.29. The lowest BCUT2D eigenvalue weighted by Crippen LogP contribution is -2.28. The van der Waals surface area contributed by atoms with Crippen LogP contribution in [0.15, 0.2) is 79.1 Å². The molecule has 1 amide bonds. The molecular weight excluding hydrogens is 414 g/mol. The average Bonchev–Trinajstić information content (AvgIpc) is 2.82. The van der Waals surface area contributed by atoms with Gasteiger partial charge in [-0.15, -0.1) is 0 Å². The maximum absolute atomic E-state index is 12.3. The number of rotatable bonds is 8. The van der Waals surface area contributed by atoms with E-state index in [9.17, 15) is 4.79 Å². The number of fused-ring (bicyclic) bond motifs is 1. The summed E-state index contributed by atoms with van der Waals surface area (Å²) in [5.41, 5.74) is 2.40. The molecule has 0 fully saturated rings. The number of carbonyl (C=O) groups excluding carboxylic acids is 1. The molecule has 0 saturated carbocycles. The number of nitrogens with one attached hydrogen (secondary N) is 1. The molecule has 0 unspecified atom stereocenters. The van der Waals surface area contributed by atoms with Crippen LogP contribution in [-0.2, 0) is 17.9 Å². The fourth-order valence-electron chi connectivity index (χ4n) is 3.01. The Balaban J connectivity index is 1.30. The zero-order chi connectivity index (χ0) is 21.5. The number of carbonyl (C=O) groups is 1. The fourth-order valence-corrected chi connectivity index (χ4v) is 3.22. The van der Waals surface area contributed by atoms with Crippen molar-refractivity contribution in [3.8, 4) is 11.5 Å². The van der Waals surface area contributed by atoms with E-state index in [4.69, 9.17) is 21.1 Å². The van der Waals surface area contributed by atoms with Gasteiger partial charge in [0.2, 0.25) is 0 Å². The molecule has 7 heteroatoms. The SMILES string of the molecule is O=C(COc1ccc(Cl)c2cccnc12)NCc1cccc(OCc2ccccn2)c1. The predicted octanol–water partition coefficient (Wildman–Crippen LogP) is 4.56. The summed E-state index contributed by atoms with van der Waals surface area (Å²) in [5.74, 6) is 0.992. The summed E-state index contributed by atoms with van der Waals surface area (Å²) in [6.45, 7) is 0.624. The van der Waals surface area contributed by atoms with Crippen molar-refractivity contribution in [3.05, 3.63) is 95.4 Å². The van der Waals surface area contributed by atoms with Crippen molar-refractivity contribution in [1.29, 1.82) is 0 Å². The van der Waals surface area contributed by atoms with Gasteiger partial charge in [0.1, 0.15) is 23.6 Å². The monoisotopic (exact) mass is 433 g/mol. The van der Waals surface area contributed by atoms with E-state index in [-0.39, 0.29) is 12.5 Å². The molecule has 2 heterocycles. The van der Waals surface area contributed by atoms with E-state index in [2.05, 4.69) is 15.3 Å². The van der Waals surface area contributed by atoms with E-state index in [1.165, 1.54) is 0 Å². The number of ether oxygens (including phenoxy) is 2. The Bertz CT molecular complexity index is 1190. The number of benzene rings is 2. The van der Waals surface area contributed by atoms with Gasteiger partial charge >= 0.3 is 0 Å². The minimum atomic E-state index is -0.237. The molecule has 0 spiro atoms. The Hall–Kier alpha value is -3.64. The van der Waals surface area contributed by atoms with Crippen LogP contribution >= 0.6 is 11.6 Å². The molecule has 4 aromatic rings. The number of halogens is 1. The van der Waals surface area contributed by atoms with Crippen molar-refractivity contribution in [1.82, 2.24) is 15.3 Å². The summed E-state index contributed by atoms with van der Waals surface area (Å²) in [6.07, 6.45) is 3.39. The first-order valence-electron chi connectivity index (χ1n) is 9.73. The van der Waals surface area contributed by atoms with Crippen molar-refractivity contribution < 1.29 is 14.3 Å². The Morgan fingerprint density at radius 2 is 1.84 bits per heavy atom. The van der Waals surface area contributed by atoms with Crippen LogP contribution in [0.25, 0.3) is 10.9 Å². The number of aromatic nitrogens is 2. The minimum absolute atomic E-state index is 0.122. The van der Waals surface area contributed by atoms with Gasteiger partial charge in [-0.2, -0.15) is 0 Å².